The summed E-state index contributed by atoms with van der Waals surface area (Å²) < 4.78 is 0. The molecule has 0 spiro atoms. The summed E-state index contributed by atoms with van der Waals surface area (Å²) >= 11 is 20.0. The van der Waals surface area contributed by atoms with E-state index in [0.29, 0.717) is 10.0 Å². The van der Waals surface area contributed by atoms with Crippen molar-refractivity contribution >= 4 is 46.1 Å². The van der Waals surface area contributed by atoms with Gasteiger partial charge in [0.25, 0.3) is 0 Å². The summed E-state index contributed by atoms with van der Waals surface area (Å²) in [4.78, 5) is 2.48. The van der Waals surface area contributed by atoms with Crippen molar-refractivity contribution in [3.8, 4) is 0 Å². The summed E-state index contributed by atoms with van der Waals surface area (Å²) in [6, 6.07) is 9.71. The fraction of sp³-hybridized carbons (Fsp3) is 0.231. The van der Waals surface area contributed by atoms with Crippen molar-refractivity contribution in [1.29, 1.82) is 0 Å². The summed E-state index contributed by atoms with van der Waals surface area (Å²) in [5, 5.41) is 0.942. The average Bonchev–Trinajstić information content (AvgIpc) is 2.80. The van der Waals surface area contributed by atoms with Gasteiger partial charge < -0.3 is 0 Å². The van der Waals surface area contributed by atoms with Gasteiger partial charge in [0.1, 0.15) is 0 Å². The lowest BCUT2D eigenvalue weighted by molar-refractivity contribution is 1.18. The second kappa shape index (κ2) is 5.62. The molecular weight excluding hydrogens is 295 g/mol. The molecule has 0 saturated carbocycles. The normalized spacial score (nSPS) is 12.7. The van der Waals surface area contributed by atoms with E-state index in [2.05, 4.69) is 19.1 Å². The highest BCUT2D eigenvalue weighted by Gasteiger charge is 2.14. The van der Waals surface area contributed by atoms with Crippen molar-refractivity contribution in [2.45, 2.75) is 18.7 Å². The number of alkyl halides is 1. The smallest absolute Gasteiger partial charge is 0.0928 e. The zero-order chi connectivity index (χ0) is 12.4. The Balaban J connectivity index is 2.29. The predicted molar refractivity (Wildman–Crippen MR) is 77.9 cm³/mol. The van der Waals surface area contributed by atoms with Gasteiger partial charge in [0.2, 0.25) is 0 Å². The molecule has 1 aromatic carbocycles. The van der Waals surface area contributed by atoms with Crippen LogP contribution in [0.3, 0.4) is 0 Å². The van der Waals surface area contributed by atoms with Crippen molar-refractivity contribution in [3.05, 3.63) is 55.7 Å². The summed E-state index contributed by atoms with van der Waals surface area (Å²) in [6.45, 7) is 2.14. The molecule has 0 N–H and O–H groups in total. The highest BCUT2D eigenvalue weighted by atomic mass is 35.5. The Kier molecular flexibility index (Phi) is 4.37. The molecule has 0 aliphatic rings. The van der Waals surface area contributed by atoms with E-state index in [0.717, 1.165) is 16.9 Å². The van der Waals surface area contributed by atoms with Gasteiger partial charge in [-0.05, 0) is 36.2 Å². The highest BCUT2D eigenvalue weighted by Crippen LogP contribution is 2.36. The molecule has 1 unspecified atom stereocenters. The zero-order valence-corrected chi connectivity index (χ0v) is 12.3. The Labute approximate surface area is 120 Å². The van der Waals surface area contributed by atoms with E-state index in [4.69, 9.17) is 34.8 Å². The van der Waals surface area contributed by atoms with Gasteiger partial charge in [-0.25, -0.2) is 0 Å². The van der Waals surface area contributed by atoms with Crippen LogP contribution in [0.15, 0.2) is 30.3 Å². The van der Waals surface area contributed by atoms with Crippen molar-refractivity contribution in [1.82, 2.24) is 0 Å². The summed E-state index contributed by atoms with van der Waals surface area (Å²) in [5.41, 5.74) is 0.977. The molecule has 0 saturated heterocycles. The van der Waals surface area contributed by atoms with Gasteiger partial charge in [-0.2, -0.15) is 0 Å². The van der Waals surface area contributed by atoms with Crippen LogP contribution in [0, 0.1) is 0 Å². The van der Waals surface area contributed by atoms with Crippen LogP contribution in [0.1, 0.15) is 27.6 Å². The van der Waals surface area contributed by atoms with E-state index in [9.17, 15) is 0 Å². The molecule has 0 aliphatic heterocycles. The Morgan fingerprint density at radius 2 is 1.88 bits per heavy atom. The maximum Gasteiger partial charge on any atom is 0.0928 e. The van der Waals surface area contributed by atoms with Crippen LogP contribution in [-0.2, 0) is 6.42 Å². The first-order chi connectivity index (χ1) is 8.11. The molecule has 0 radical (unpaired) electrons. The third-order valence-corrected chi connectivity index (χ3v) is 5.17. The quantitative estimate of drug-likeness (QED) is 0.615. The Bertz CT molecular complexity index is 519. The second-order valence-electron chi connectivity index (χ2n) is 3.69. The maximum atomic E-state index is 6.43. The van der Waals surface area contributed by atoms with Gasteiger partial charge in [-0.1, -0.05) is 36.2 Å². The van der Waals surface area contributed by atoms with Gasteiger partial charge in [0, 0.05) is 9.75 Å². The number of aryl methyl sites for hydroxylation is 1. The summed E-state index contributed by atoms with van der Waals surface area (Å²) in [5.74, 6) is 0. The molecular formula is C13H11Cl3S. The van der Waals surface area contributed by atoms with Gasteiger partial charge >= 0.3 is 0 Å². The monoisotopic (exact) mass is 304 g/mol. The van der Waals surface area contributed by atoms with Gasteiger partial charge in [-0.15, -0.1) is 22.9 Å². The molecule has 4 heteroatoms. The molecule has 2 aromatic rings. The van der Waals surface area contributed by atoms with Crippen molar-refractivity contribution in [2.75, 3.05) is 0 Å². The molecule has 0 aliphatic carbocycles. The number of hydrogen-bond donors (Lipinski definition) is 0. The lowest BCUT2D eigenvalue weighted by atomic mass is 10.1. The zero-order valence-electron chi connectivity index (χ0n) is 9.21. The Morgan fingerprint density at radius 3 is 2.47 bits per heavy atom. The lowest BCUT2D eigenvalue weighted by Gasteiger charge is -2.08. The molecule has 1 aromatic heterocycles. The number of benzene rings is 1. The predicted octanol–water partition coefficient (Wildman–Crippen LogP) is 5.95. The highest BCUT2D eigenvalue weighted by molar-refractivity contribution is 7.12. The first-order valence-corrected chi connectivity index (χ1v) is 7.30. The van der Waals surface area contributed by atoms with E-state index in [1.54, 1.807) is 17.4 Å². The topological polar surface area (TPSA) is 0 Å². The standard InChI is InChI=1S/C13H11Cl3S/c1-2-9-4-6-12(17-9)13(16)8-3-5-10(14)11(15)7-8/h3-7,13H,2H2,1H3. The molecule has 0 bridgehead atoms. The number of hydrogen-bond acceptors (Lipinski definition) is 1. The molecule has 0 amide bonds. The van der Waals surface area contributed by atoms with Crippen molar-refractivity contribution < 1.29 is 0 Å². The van der Waals surface area contributed by atoms with E-state index in [1.165, 1.54) is 4.88 Å². The van der Waals surface area contributed by atoms with Crippen LogP contribution in [0.2, 0.25) is 10.0 Å². The first-order valence-electron chi connectivity index (χ1n) is 5.29. The lowest BCUT2D eigenvalue weighted by Crippen LogP contribution is -1.89. The third-order valence-electron chi connectivity index (χ3n) is 2.52. The van der Waals surface area contributed by atoms with Gasteiger partial charge in [-0.3, -0.25) is 0 Å². The first kappa shape index (κ1) is 13.2. The molecule has 0 fully saturated rings. The van der Waals surface area contributed by atoms with Crippen LogP contribution in [0.5, 0.6) is 0 Å². The summed E-state index contributed by atoms with van der Waals surface area (Å²) in [7, 11) is 0. The van der Waals surface area contributed by atoms with Crippen LogP contribution in [0.4, 0.5) is 0 Å². The molecule has 1 heterocycles. The van der Waals surface area contributed by atoms with Crippen LogP contribution < -0.4 is 0 Å². The van der Waals surface area contributed by atoms with Crippen LogP contribution in [-0.4, -0.2) is 0 Å². The summed E-state index contributed by atoms with van der Waals surface area (Å²) in [6.07, 6.45) is 1.04. The van der Waals surface area contributed by atoms with Crippen molar-refractivity contribution in [2.24, 2.45) is 0 Å². The van der Waals surface area contributed by atoms with E-state index in [1.807, 2.05) is 12.1 Å². The maximum absolute atomic E-state index is 6.43. The minimum Gasteiger partial charge on any atom is -0.143 e. The van der Waals surface area contributed by atoms with Crippen LogP contribution >= 0.6 is 46.1 Å². The minimum absolute atomic E-state index is 0.157. The number of thiophene rings is 1. The molecule has 90 valence electrons. The molecule has 1 atom stereocenters. The molecule has 17 heavy (non-hydrogen) atoms. The van der Waals surface area contributed by atoms with Gasteiger partial charge in [0.15, 0.2) is 0 Å². The van der Waals surface area contributed by atoms with E-state index >= 15 is 0 Å². The molecule has 2 rings (SSSR count). The van der Waals surface area contributed by atoms with E-state index < -0.39 is 0 Å². The minimum atomic E-state index is -0.157. The number of rotatable bonds is 3. The van der Waals surface area contributed by atoms with Gasteiger partial charge in [0.05, 0.1) is 15.4 Å². The van der Waals surface area contributed by atoms with Crippen molar-refractivity contribution in [3.63, 3.8) is 0 Å². The average molecular weight is 306 g/mol. The fourth-order valence-corrected chi connectivity index (χ4v) is 3.16. The van der Waals surface area contributed by atoms with E-state index in [-0.39, 0.29) is 5.38 Å². The third kappa shape index (κ3) is 2.97. The largest absolute Gasteiger partial charge is 0.143 e. The van der Waals surface area contributed by atoms with Crippen LogP contribution in [0.25, 0.3) is 0 Å². The fourth-order valence-electron chi connectivity index (χ4n) is 1.56. The number of halogens is 3. The molecule has 0 nitrogen and oxygen atoms in total. The SMILES string of the molecule is CCc1ccc(C(Cl)c2ccc(Cl)c(Cl)c2)s1. The Hall–Kier alpha value is -0.210. The second-order valence-corrected chi connectivity index (χ2v) is 6.14. The Morgan fingerprint density at radius 1 is 1.12 bits per heavy atom.